The summed E-state index contributed by atoms with van der Waals surface area (Å²) in [6.07, 6.45) is 0. The van der Waals surface area contributed by atoms with Gasteiger partial charge in [0.1, 0.15) is 0 Å². The molecule has 134 valence electrons. The predicted octanol–water partition coefficient (Wildman–Crippen LogP) is 1.22. The standard InChI is InChI=1S/C18H30N4O2/c1-3-19-18(20-8-11-23-2)21-14-16-6-4-5-7-17(16)15-22-9-12-24-13-10-22/h4-7H,3,8-15H2,1-2H3,(H2,19,20,21). The van der Waals surface area contributed by atoms with Crippen LogP contribution in [0.1, 0.15) is 18.1 Å². The molecule has 24 heavy (non-hydrogen) atoms. The van der Waals surface area contributed by atoms with Gasteiger partial charge in [0, 0.05) is 39.8 Å². The third-order valence-electron chi connectivity index (χ3n) is 3.97. The van der Waals surface area contributed by atoms with Gasteiger partial charge in [-0.1, -0.05) is 24.3 Å². The average molecular weight is 334 g/mol. The second-order valence-corrected chi connectivity index (χ2v) is 5.77. The number of methoxy groups -OCH3 is 1. The smallest absolute Gasteiger partial charge is 0.191 e. The van der Waals surface area contributed by atoms with Gasteiger partial charge in [-0.25, -0.2) is 4.99 Å². The van der Waals surface area contributed by atoms with E-state index in [-0.39, 0.29) is 0 Å². The largest absolute Gasteiger partial charge is 0.383 e. The number of ether oxygens (including phenoxy) is 2. The maximum absolute atomic E-state index is 5.43. The highest BCUT2D eigenvalue weighted by Gasteiger charge is 2.12. The van der Waals surface area contributed by atoms with E-state index in [0.29, 0.717) is 13.2 Å². The molecule has 0 spiro atoms. The highest BCUT2D eigenvalue weighted by atomic mass is 16.5. The van der Waals surface area contributed by atoms with Crippen LogP contribution in [0.2, 0.25) is 0 Å². The van der Waals surface area contributed by atoms with E-state index in [1.54, 1.807) is 7.11 Å². The molecule has 1 heterocycles. The zero-order chi connectivity index (χ0) is 17.0. The van der Waals surface area contributed by atoms with Crippen LogP contribution in [0.3, 0.4) is 0 Å². The molecule has 2 N–H and O–H groups in total. The lowest BCUT2D eigenvalue weighted by Crippen LogP contribution is -2.39. The van der Waals surface area contributed by atoms with Crippen LogP contribution >= 0.6 is 0 Å². The zero-order valence-corrected chi connectivity index (χ0v) is 14.9. The Morgan fingerprint density at radius 2 is 1.96 bits per heavy atom. The fourth-order valence-corrected chi connectivity index (χ4v) is 2.64. The van der Waals surface area contributed by atoms with Crippen LogP contribution in [-0.2, 0) is 22.6 Å². The van der Waals surface area contributed by atoms with Crippen molar-refractivity contribution in [3.05, 3.63) is 35.4 Å². The van der Waals surface area contributed by atoms with Crippen molar-refractivity contribution < 1.29 is 9.47 Å². The molecule has 0 unspecified atom stereocenters. The zero-order valence-electron chi connectivity index (χ0n) is 14.9. The van der Waals surface area contributed by atoms with Crippen molar-refractivity contribution in [1.82, 2.24) is 15.5 Å². The normalized spacial score (nSPS) is 16.2. The Hall–Kier alpha value is -1.63. The minimum Gasteiger partial charge on any atom is -0.383 e. The van der Waals surface area contributed by atoms with Crippen molar-refractivity contribution in [2.24, 2.45) is 4.99 Å². The summed E-state index contributed by atoms with van der Waals surface area (Å²) in [5, 5.41) is 6.55. The molecular formula is C18H30N4O2. The van der Waals surface area contributed by atoms with E-state index in [0.717, 1.165) is 51.9 Å². The molecule has 1 aromatic carbocycles. The molecule has 0 saturated carbocycles. The van der Waals surface area contributed by atoms with Crippen LogP contribution in [0.5, 0.6) is 0 Å². The summed E-state index contributed by atoms with van der Waals surface area (Å²) in [6.45, 7) is 9.61. The first kappa shape index (κ1) is 18.7. The van der Waals surface area contributed by atoms with E-state index in [1.165, 1.54) is 11.1 Å². The van der Waals surface area contributed by atoms with Crippen LogP contribution in [0, 0.1) is 0 Å². The van der Waals surface area contributed by atoms with Crippen LogP contribution in [-0.4, -0.2) is 64.0 Å². The van der Waals surface area contributed by atoms with Gasteiger partial charge >= 0.3 is 0 Å². The first-order valence-electron chi connectivity index (χ1n) is 8.71. The van der Waals surface area contributed by atoms with Crippen molar-refractivity contribution in [2.75, 3.05) is 53.1 Å². The molecule has 0 radical (unpaired) electrons. The topological polar surface area (TPSA) is 58.1 Å². The molecule has 1 aliphatic heterocycles. The fourth-order valence-electron chi connectivity index (χ4n) is 2.64. The highest BCUT2D eigenvalue weighted by Crippen LogP contribution is 2.14. The molecular weight excluding hydrogens is 304 g/mol. The Kier molecular flexibility index (Phi) is 8.59. The lowest BCUT2D eigenvalue weighted by Gasteiger charge is -2.27. The minimum atomic E-state index is 0.665. The summed E-state index contributed by atoms with van der Waals surface area (Å²) in [5.74, 6) is 0.829. The number of rotatable bonds is 8. The molecule has 1 aromatic rings. The van der Waals surface area contributed by atoms with E-state index < -0.39 is 0 Å². The number of guanidine groups is 1. The molecule has 6 heteroatoms. The summed E-state index contributed by atoms with van der Waals surface area (Å²) >= 11 is 0. The Morgan fingerprint density at radius 1 is 1.21 bits per heavy atom. The number of benzene rings is 1. The Labute approximate surface area is 145 Å². The third-order valence-corrected chi connectivity index (χ3v) is 3.97. The second-order valence-electron chi connectivity index (χ2n) is 5.77. The van der Waals surface area contributed by atoms with E-state index in [9.17, 15) is 0 Å². The Bertz CT molecular complexity index is 502. The minimum absolute atomic E-state index is 0.665. The van der Waals surface area contributed by atoms with Crippen molar-refractivity contribution in [3.8, 4) is 0 Å². The summed E-state index contributed by atoms with van der Waals surface area (Å²) in [7, 11) is 1.70. The molecule has 0 atom stereocenters. The summed E-state index contributed by atoms with van der Waals surface area (Å²) in [5.41, 5.74) is 2.61. The van der Waals surface area contributed by atoms with E-state index in [1.807, 2.05) is 0 Å². The molecule has 1 fully saturated rings. The molecule has 0 bridgehead atoms. The van der Waals surface area contributed by atoms with Crippen LogP contribution < -0.4 is 10.6 Å². The Morgan fingerprint density at radius 3 is 2.67 bits per heavy atom. The number of aliphatic imine (C=N–C) groups is 1. The highest BCUT2D eigenvalue weighted by molar-refractivity contribution is 5.79. The summed E-state index contributed by atoms with van der Waals surface area (Å²) in [6, 6.07) is 8.55. The fraction of sp³-hybridized carbons (Fsp3) is 0.611. The third kappa shape index (κ3) is 6.47. The molecule has 0 amide bonds. The van der Waals surface area contributed by atoms with E-state index in [4.69, 9.17) is 14.5 Å². The van der Waals surface area contributed by atoms with Crippen LogP contribution in [0.25, 0.3) is 0 Å². The van der Waals surface area contributed by atoms with Crippen molar-refractivity contribution >= 4 is 5.96 Å². The van der Waals surface area contributed by atoms with Gasteiger partial charge in [0.25, 0.3) is 0 Å². The van der Waals surface area contributed by atoms with Crippen LogP contribution in [0.4, 0.5) is 0 Å². The Balaban J connectivity index is 1.97. The van der Waals surface area contributed by atoms with Crippen molar-refractivity contribution in [1.29, 1.82) is 0 Å². The molecule has 1 aliphatic rings. The number of nitrogens with one attached hydrogen (secondary N) is 2. The van der Waals surface area contributed by atoms with Gasteiger partial charge in [0.2, 0.25) is 0 Å². The molecule has 2 rings (SSSR count). The van der Waals surface area contributed by atoms with Gasteiger partial charge in [0.05, 0.1) is 26.4 Å². The maximum atomic E-state index is 5.43. The van der Waals surface area contributed by atoms with Crippen molar-refractivity contribution in [3.63, 3.8) is 0 Å². The van der Waals surface area contributed by atoms with Crippen molar-refractivity contribution in [2.45, 2.75) is 20.0 Å². The predicted molar refractivity (Wildman–Crippen MR) is 97.2 cm³/mol. The van der Waals surface area contributed by atoms with Gasteiger partial charge in [-0.05, 0) is 18.1 Å². The summed E-state index contributed by atoms with van der Waals surface area (Å²) in [4.78, 5) is 7.14. The van der Waals surface area contributed by atoms with Gasteiger partial charge in [-0.15, -0.1) is 0 Å². The first-order valence-corrected chi connectivity index (χ1v) is 8.71. The number of hydrogen-bond donors (Lipinski definition) is 2. The number of nitrogens with zero attached hydrogens (tertiary/aromatic N) is 2. The molecule has 1 saturated heterocycles. The van der Waals surface area contributed by atoms with E-state index >= 15 is 0 Å². The number of hydrogen-bond acceptors (Lipinski definition) is 4. The van der Waals surface area contributed by atoms with Crippen LogP contribution in [0.15, 0.2) is 29.3 Å². The van der Waals surface area contributed by atoms with Gasteiger partial charge in [0.15, 0.2) is 5.96 Å². The average Bonchev–Trinajstić information content (AvgIpc) is 2.62. The lowest BCUT2D eigenvalue weighted by atomic mass is 10.1. The molecule has 0 aromatic heterocycles. The van der Waals surface area contributed by atoms with Gasteiger partial charge in [-0.2, -0.15) is 0 Å². The molecule has 0 aliphatic carbocycles. The van der Waals surface area contributed by atoms with Gasteiger partial charge in [-0.3, -0.25) is 4.90 Å². The first-order chi connectivity index (χ1) is 11.8. The second kappa shape index (κ2) is 11.0. The quantitative estimate of drug-likeness (QED) is 0.425. The SMILES string of the molecule is CCNC(=NCc1ccccc1CN1CCOCC1)NCCOC. The molecule has 6 nitrogen and oxygen atoms in total. The van der Waals surface area contributed by atoms with E-state index in [2.05, 4.69) is 46.7 Å². The maximum Gasteiger partial charge on any atom is 0.191 e. The van der Waals surface area contributed by atoms with Gasteiger partial charge < -0.3 is 20.1 Å². The lowest BCUT2D eigenvalue weighted by molar-refractivity contribution is 0.0341. The number of morpholine rings is 1. The monoisotopic (exact) mass is 334 g/mol. The summed E-state index contributed by atoms with van der Waals surface area (Å²) < 4.78 is 10.5.